The number of fused-ring (bicyclic) bond motifs is 1. The van der Waals surface area contributed by atoms with Crippen molar-refractivity contribution in [2.24, 2.45) is 5.92 Å². The first-order chi connectivity index (χ1) is 13.4. The Morgan fingerprint density at radius 3 is 2.82 bits per heavy atom. The molecule has 1 aromatic carbocycles. The van der Waals surface area contributed by atoms with Crippen molar-refractivity contribution in [2.45, 2.75) is 56.2 Å². The number of nitrogens with two attached hydrogens (primary N) is 1. The second-order valence-electron chi connectivity index (χ2n) is 8.35. The lowest BCUT2D eigenvalue weighted by atomic mass is 9.52. The molecule has 1 aromatic heterocycles. The summed E-state index contributed by atoms with van der Waals surface area (Å²) in [5.41, 5.74) is 8.25. The lowest BCUT2D eigenvalue weighted by Crippen LogP contribution is -2.59. The predicted octanol–water partition coefficient (Wildman–Crippen LogP) is 4.09. The van der Waals surface area contributed by atoms with Gasteiger partial charge in [0.1, 0.15) is 0 Å². The third-order valence-electron chi connectivity index (χ3n) is 7.01. The van der Waals surface area contributed by atoms with Gasteiger partial charge in [-0.05, 0) is 55.3 Å². The van der Waals surface area contributed by atoms with E-state index in [1.807, 2.05) is 12.1 Å². The number of piperidine rings is 1. The highest BCUT2D eigenvalue weighted by Gasteiger charge is 2.51. The number of halogens is 3. The van der Waals surface area contributed by atoms with Crippen molar-refractivity contribution in [3.8, 4) is 11.3 Å². The van der Waals surface area contributed by atoms with E-state index in [0.717, 1.165) is 43.0 Å². The van der Waals surface area contributed by atoms with Crippen molar-refractivity contribution >= 4 is 5.95 Å². The number of alkyl halides is 3. The van der Waals surface area contributed by atoms with Gasteiger partial charge in [-0.2, -0.15) is 13.2 Å². The summed E-state index contributed by atoms with van der Waals surface area (Å²) < 4.78 is 39.8. The first-order valence-electron chi connectivity index (χ1n) is 9.96. The summed E-state index contributed by atoms with van der Waals surface area (Å²) in [6.45, 7) is 1.00. The van der Waals surface area contributed by atoms with Crippen LogP contribution < -0.4 is 11.1 Å². The van der Waals surface area contributed by atoms with E-state index in [-0.39, 0.29) is 17.1 Å². The van der Waals surface area contributed by atoms with E-state index in [9.17, 15) is 13.2 Å². The second kappa shape index (κ2) is 6.17. The van der Waals surface area contributed by atoms with Crippen molar-refractivity contribution < 1.29 is 13.2 Å². The van der Waals surface area contributed by atoms with E-state index in [4.69, 9.17) is 5.73 Å². The van der Waals surface area contributed by atoms with Gasteiger partial charge < -0.3 is 11.1 Å². The summed E-state index contributed by atoms with van der Waals surface area (Å²) in [4.78, 5) is 7.56. The molecule has 2 bridgehead atoms. The molecule has 2 aromatic rings. The fraction of sp³-hybridized carbons (Fsp3) is 0.524. The van der Waals surface area contributed by atoms with Crippen molar-refractivity contribution in [2.75, 3.05) is 12.3 Å². The summed E-state index contributed by atoms with van der Waals surface area (Å²) in [6.07, 6.45) is 2.22. The number of nitrogens with one attached hydrogen (secondary N) is 1. The number of rotatable bonds is 1. The van der Waals surface area contributed by atoms with Gasteiger partial charge in [0, 0.05) is 17.0 Å². The van der Waals surface area contributed by atoms with Gasteiger partial charge in [-0.1, -0.05) is 31.0 Å². The molecule has 7 heteroatoms. The zero-order valence-electron chi connectivity index (χ0n) is 15.5. The number of hydrogen-bond acceptors (Lipinski definition) is 4. The van der Waals surface area contributed by atoms with Gasteiger partial charge in [-0.3, -0.25) is 0 Å². The normalized spacial score (nSPS) is 29.1. The summed E-state index contributed by atoms with van der Waals surface area (Å²) in [6, 6.07) is 7.43. The molecule has 1 saturated heterocycles. The van der Waals surface area contributed by atoms with Crippen LogP contribution in [0.5, 0.6) is 0 Å². The van der Waals surface area contributed by atoms with Gasteiger partial charge in [0.15, 0.2) is 5.69 Å². The maximum absolute atomic E-state index is 13.3. The first kappa shape index (κ1) is 17.9. The van der Waals surface area contributed by atoms with Gasteiger partial charge in [0.2, 0.25) is 5.95 Å². The average Bonchev–Trinajstić information content (AvgIpc) is 2.66. The molecule has 2 heterocycles. The Morgan fingerprint density at radius 1 is 1.14 bits per heavy atom. The molecule has 1 saturated carbocycles. The Balaban J connectivity index is 1.69. The largest absolute Gasteiger partial charge is 0.433 e. The van der Waals surface area contributed by atoms with Crippen molar-refractivity contribution in [3.63, 3.8) is 0 Å². The zero-order chi connectivity index (χ0) is 19.5. The van der Waals surface area contributed by atoms with Crippen LogP contribution in [0.1, 0.15) is 48.9 Å². The van der Waals surface area contributed by atoms with Crippen LogP contribution in [-0.2, 0) is 18.0 Å². The molecule has 1 aliphatic heterocycles. The molecular weight excluding hydrogens is 365 g/mol. The molecule has 3 atom stereocenters. The topological polar surface area (TPSA) is 63.8 Å². The third-order valence-corrected chi connectivity index (χ3v) is 7.01. The van der Waals surface area contributed by atoms with Crippen LogP contribution in [0.25, 0.3) is 11.3 Å². The van der Waals surface area contributed by atoms with Gasteiger partial charge in [0.05, 0.1) is 5.69 Å². The van der Waals surface area contributed by atoms with Crippen LogP contribution in [0.4, 0.5) is 19.1 Å². The van der Waals surface area contributed by atoms with Gasteiger partial charge in [-0.25, -0.2) is 9.97 Å². The molecule has 5 rings (SSSR count). The smallest absolute Gasteiger partial charge is 0.368 e. The van der Waals surface area contributed by atoms with Crippen LogP contribution in [0.3, 0.4) is 0 Å². The molecule has 0 spiro atoms. The van der Waals surface area contributed by atoms with E-state index < -0.39 is 11.9 Å². The Hall–Kier alpha value is -2.15. The maximum Gasteiger partial charge on any atom is 0.433 e. The summed E-state index contributed by atoms with van der Waals surface area (Å²) in [7, 11) is 0. The number of nitrogen functional groups attached to an aromatic ring is 1. The first-order valence-corrected chi connectivity index (χ1v) is 9.96. The number of aromatic nitrogens is 2. The average molecular weight is 388 g/mol. The molecule has 4 nitrogen and oxygen atoms in total. The van der Waals surface area contributed by atoms with E-state index in [2.05, 4.69) is 21.4 Å². The quantitative estimate of drug-likeness (QED) is 0.772. The summed E-state index contributed by atoms with van der Waals surface area (Å²) in [5, 5.41) is 3.67. The third kappa shape index (κ3) is 2.63. The van der Waals surface area contributed by atoms with E-state index in [1.54, 1.807) is 0 Å². The molecule has 148 valence electrons. The number of benzene rings is 1. The number of anilines is 1. The van der Waals surface area contributed by atoms with Crippen LogP contribution in [0, 0.1) is 5.92 Å². The van der Waals surface area contributed by atoms with E-state index in [0.29, 0.717) is 12.0 Å². The molecular formula is C21H23F3N4. The highest BCUT2D eigenvalue weighted by atomic mass is 19.4. The Bertz CT molecular complexity index is 922. The zero-order valence-corrected chi connectivity index (χ0v) is 15.5. The lowest BCUT2D eigenvalue weighted by molar-refractivity contribution is -0.141. The molecule has 2 fully saturated rings. The molecule has 0 unspecified atom stereocenters. The van der Waals surface area contributed by atoms with Crippen LogP contribution >= 0.6 is 0 Å². The van der Waals surface area contributed by atoms with Crippen molar-refractivity contribution in [3.05, 3.63) is 41.1 Å². The van der Waals surface area contributed by atoms with E-state index in [1.165, 1.54) is 24.8 Å². The predicted molar refractivity (Wildman–Crippen MR) is 101 cm³/mol. The molecule has 2 aliphatic carbocycles. The van der Waals surface area contributed by atoms with Crippen molar-refractivity contribution in [1.82, 2.24) is 15.3 Å². The molecule has 3 aliphatic rings. The second-order valence-corrected chi connectivity index (χ2v) is 8.35. The molecule has 3 N–H and O–H groups in total. The maximum atomic E-state index is 13.3. The monoisotopic (exact) mass is 388 g/mol. The highest BCUT2D eigenvalue weighted by molar-refractivity contribution is 5.68. The molecule has 28 heavy (non-hydrogen) atoms. The fourth-order valence-corrected chi connectivity index (χ4v) is 5.95. The Labute approximate surface area is 161 Å². The number of hydrogen-bond donors (Lipinski definition) is 2. The SMILES string of the molecule is Nc1nc(-c2cccc3c2C[C@H]2NCC[C@@]34CCCC[C@@H]24)cc(C(F)(F)F)n1. The van der Waals surface area contributed by atoms with Crippen LogP contribution in [-0.4, -0.2) is 22.6 Å². The van der Waals surface area contributed by atoms with E-state index >= 15 is 0 Å². The van der Waals surface area contributed by atoms with Crippen molar-refractivity contribution in [1.29, 1.82) is 0 Å². The Morgan fingerprint density at radius 2 is 2.00 bits per heavy atom. The number of nitrogens with zero attached hydrogens (tertiary/aromatic N) is 2. The van der Waals surface area contributed by atoms with Crippen LogP contribution in [0.15, 0.2) is 24.3 Å². The van der Waals surface area contributed by atoms with Crippen LogP contribution in [0.2, 0.25) is 0 Å². The van der Waals surface area contributed by atoms with Gasteiger partial charge in [-0.15, -0.1) is 0 Å². The summed E-state index contributed by atoms with van der Waals surface area (Å²) >= 11 is 0. The van der Waals surface area contributed by atoms with Gasteiger partial charge in [0.25, 0.3) is 0 Å². The highest BCUT2D eigenvalue weighted by Crippen LogP contribution is 2.55. The minimum atomic E-state index is -4.55. The standard InChI is InChI=1S/C21H23F3N4/c22-21(23,24)18-11-16(27-19(25)28-18)12-4-3-6-14-13(12)10-17-15-5-1-2-7-20(14,15)8-9-26-17/h3-4,6,11,15,17,26H,1-2,5,7-10H2,(H2,25,27,28)/t15-,17+,20-/m0/s1. The summed E-state index contributed by atoms with van der Waals surface area (Å²) in [5.74, 6) is 0.268. The molecule has 0 amide bonds. The lowest BCUT2D eigenvalue weighted by Gasteiger charge is -2.56. The fourth-order valence-electron chi connectivity index (χ4n) is 5.95. The Kier molecular flexibility index (Phi) is 3.95. The molecule has 0 radical (unpaired) electrons. The minimum Gasteiger partial charge on any atom is -0.368 e. The minimum absolute atomic E-state index is 0.142. The van der Waals surface area contributed by atoms with Gasteiger partial charge >= 0.3 is 6.18 Å².